The van der Waals surface area contributed by atoms with Gasteiger partial charge in [-0.25, -0.2) is 19.9 Å². The van der Waals surface area contributed by atoms with Gasteiger partial charge in [-0.1, -0.05) is 176 Å². The molecule has 0 amide bonds. The van der Waals surface area contributed by atoms with Crippen LogP contribution >= 0.6 is 0 Å². The monoisotopic (exact) mass is 1780 g/mol. The Morgan fingerprint density at radius 3 is 0.850 bits per heavy atom. The zero-order valence-corrected chi connectivity index (χ0v) is 75.1. The largest absolute Gasteiger partial charge is 0.292 e. The standard InChI is InChI=1S/4C31H18N4/c1-2-5-20-17(4-1)14-18-7-8-19-15-23-21(28(19)27(18)20)9-10-26-30(23)34-31-22-6-3-12-33-29(22)24-16-32-13-11-25(24)35(26)31;1-2-5-20-17(4-1)14-18-7-8-19-15-23-21(28(19)27(18)20)9-10-26-29(23)34-31-30-22(6-3-12-33-30)24-16-32-13-11-25(24)35(26)31;1-2-4-20-17(3-1)13-18-5-6-19-14-23-22(29(19)28(18)20)7-8-27-30(23)34-31-25-16-32-11-9-21(25)24-15-33-12-10-26(24)35(27)31;1-2-4-20-17(3-1)13-18-5-6-19-14-23-21(29(19)28(18)20)7-8-27-30(23)34-31-22-9-11-32-15-24(22)25-16-33-12-10-26(25)35(27)31/h2*1-13,16H,14-15H2;2*1-12,15-16H,13-14H2. The van der Waals surface area contributed by atoms with Crippen LogP contribution in [-0.4, -0.2) is 77.4 Å². The lowest BCUT2D eigenvalue weighted by atomic mass is 9.94. The van der Waals surface area contributed by atoms with Crippen molar-refractivity contribution in [2.75, 3.05) is 0 Å². The van der Waals surface area contributed by atoms with Gasteiger partial charge in [0.2, 0.25) is 0 Å². The topological polar surface area (TPSA) is 172 Å². The van der Waals surface area contributed by atoms with Crippen molar-refractivity contribution in [3.05, 3.63) is 431 Å². The van der Waals surface area contributed by atoms with Crippen molar-refractivity contribution in [3.63, 3.8) is 0 Å². The first-order valence-electron chi connectivity index (χ1n) is 48.2. The summed E-state index contributed by atoms with van der Waals surface area (Å²) in [5, 5.41) is 10.9. The SMILES string of the molecule is c1ccc2c(c1)Cc1ccc3c(c1-2)-c1ccc2c(nc4c5cccnc5c5cnccc5n24)c1C3.c1ccc2c(c1)Cc1ccc3c(c1-2)-c1ccc2c(nc4c5ccncc5c5cnccc5n24)c1C3.c1ccc2c(c1)Cc1ccc3c(c1-2)-c1ccc2c(nc4c5cnccc5c5cnccc5n24)c1C3.c1ccc2c(c1)Cc1ccc3c(c1-2)-c1ccc2c(nc4c5ncccc5c5cnccc5n24)c1C3. The number of aromatic nitrogens is 16. The van der Waals surface area contributed by atoms with E-state index >= 15 is 0 Å². The van der Waals surface area contributed by atoms with Crippen molar-refractivity contribution >= 4 is 154 Å². The first kappa shape index (κ1) is 75.1. The summed E-state index contributed by atoms with van der Waals surface area (Å²) in [6, 6.07) is 93.1. The van der Waals surface area contributed by atoms with Crippen molar-refractivity contribution in [3.8, 4) is 89.0 Å². The highest BCUT2D eigenvalue weighted by atomic mass is 15.1. The van der Waals surface area contributed by atoms with E-state index in [-0.39, 0.29) is 0 Å². The molecule has 28 aromatic rings. The average molecular weight is 1790 g/mol. The second kappa shape index (κ2) is 27.7. The normalized spacial score (nSPS) is 13.5. The molecule has 8 aliphatic rings. The van der Waals surface area contributed by atoms with Crippen LogP contribution in [0.3, 0.4) is 0 Å². The Bertz CT molecular complexity index is 9460. The summed E-state index contributed by atoms with van der Waals surface area (Å²) in [4.78, 5) is 57.1. The fourth-order valence-electron chi connectivity index (χ4n) is 26.1. The number of pyridine rings is 12. The maximum Gasteiger partial charge on any atom is 0.165 e. The first-order chi connectivity index (χ1) is 69.5. The van der Waals surface area contributed by atoms with E-state index in [1.165, 1.54) is 178 Å². The fourth-order valence-corrected chi connectivity index (χ4v) is 26.1. The number of benzene rings is 12. The molecule has 0 spiro atoms. The lowest BCUT2D eigenvalue weighted by Crippen LogP contribution is -1.93. The summed E-state index contributed by atoms with van der Waals surface area (Å²) >= 11 is 0. The molecule has 140 heavy (non-hydrogen) atoms. The molecule has 0 fully saturated rings. The molecule has 0 bridgehead atoms. The van der Waals surface area contributed by atoms with Gasteiger partial charge >= 0.3 is 0 Å². The number of fused-ring (bicyclic) bond motifs is 64. The van der Waals surface area contributed by atoms with Crippen LogP contribution in [0.4, 0.5) is 0 Å². The van der Waals surface area contributed by atoms with Crippen LogP contribution in [0, 0.1) is 0 Å². The van der Waals surface area contributed by atoms with Crippen LogP contribution in [-0.2, 0) is 51.4 Å². The second-order valence-electron chi connectivity index (χ2n) is 38.7. The van der Waals surface area contributed by atoms with Gasteiger partial charge in [-0.2, -0.15) is 0 Å². The highest BCUT2D eigenvalue weighted by molar-refractivity contribution is 6.19. The highest BCUT2D eigenvalue weighted by Crippen LogP contribution is 2.57. The van der Waals surface area contributed by atoms with Gasteiger partial charge in [0.25, 0.3) is 0 Å². The summed E-state index contributed by atoms with van der Waals surface area (Å²) in [7, 11) is 0. The maximum atomic E-state index is 5.30. The smallest absolute Gasteiger partial charge is 0.165 e. The van der Waals surface area contributed by atoms with Gasteiger partial charge in [0, 0.05) is 161 Å². The first-order valence-corrected chi connectivity index (χ1v) is 48.2. The number of nitrogens with zero attached hydrogens (tertiary/aromatic N) is 16. The third-order valence-corrected chi connectivity index (χ3v) is 31.9. The molecule has 16 nitrogen and oxygen atoms in total. The summed E-state index contributed by atoms with van der Waals surface area (Å²) < 4.78 is 9.15. The molecular weight excluding hydrogens is 1710 g/mol. The van der Waals surface area contributed by atoms with E-state index in [4.69, 9.17) is 29.9 Å². The Morgan fingerprint density at radius 2 is 0.443 bits per heavy atom. The second-order valence-corrected chi connectivity index (χ2v) is 38.7. The highest BCUT2D eigenvalue weighted by Gasteiger charge is 2.38. The van der Waals surface area contributed by atoms with Crippen LogP contribution in [0.25, 0.3) is 243 Å². The molecule has 648 valence electrons. The van der Waals surface area contributed by atoms with Gasteiger partial charge in [-0.15, -0.1) is 0 Å². The van der Waals surface area contributed by atoms with Gasteiger partial charge < -0.3 is 0 Å². The van der Waals surface area contributed by atoms with Gasteiger partial charge in [0.15, 0.2) is 5.65 Å². The van der Waals surface area contributed by atoms with Gasteiger partial charge in [0.05, 0.1) is 71.7 Å². The summed E-state index contributed by atoms with van der Waals surface area (Å²) in [5.74, 6) is 0. The zero-order valence-electron chi connectivity index (χ0n) is 75.1. The minimum absolute atomic E-state index is 0.909. The van der Waals surface area contributed by atoms with Crippen LogP contribution in [0.2, 0.25) is 0 Å². The van der Waals surface area contributed by atoms with Crippen LogP contribution < -0.4 is 0 Å². The molecule has 0 aliphatic heterocycles. The molecule has 8 aliphatic carbocycles. The number of hydrogen-bond acceptors (Lipinski definition) is 12. The molecule has 16 aromatic heterocycles. The third-order valence-electron chi connectivity index (χ3n) is 31.9. The number of hydrogen-bond donors (Lipinski definition) is 0. The molecule has 0 atom stereocenters. The Labute approximate surface area is 796 Å². The lowest BCUT2D eigenvalue weighted by molar-refractivity contribution is 1.24. The van der Waals surface area contributed by atoms with Crippen LogP contribution in [0.1, 0.15) is 89.0 Å². The molecule has 16 heteroatoms. The molecule has 16 heterocycles. The van der Waals surface area contributed by atoms with Crippen molar-refractivity contribution < 1.29 is 0 Å². The minimum Gasteiger partial charge on any atom is -0.292 e. The molecule has 12 aromatic carbocycles. The van der Waals surface area contributed by atoms with E-state index in [1.54, 1.807) is 0 Å². The number of rotatable bonds is 0. The molecule has 0 radical (unpaired) electrons. The van der Waals surface area contributed by atoms with Crippen molar-refractivity contribution in [2.45, 2.75) is 51.4 Å². The quantitative estimate of drug-likeness (QED) is 0.132. The summed E-state index contributed by atoms with van der Waals surface area (Å²) in [6.45, 7) is 0. The van der Waals surface area contributed by atoms with Crippen molar-refractivity contribution in [2.24, 2.45) is 0 Å². The van der Waals surface area contributed by atoms with E-state index in [0.717, 1.165) is 205 Å². The molecule has 0 saturated carbocycles. The lowest BCUT2D eigenvalue weighted by Gasteiger charge is -2.10. The van der Waals surface area contributed by atoms with E-state index in [2.05, 4.69) is 290 Å². The van der Waals surface area contributed by atoms with Gasteiger partial charge in [-0.3, -0.25) is 57.5 Å². The average Bonchev–Trinajstić information content (AvgIpc) is 1.55. The predicted octanol–water partition coefficient (Wildman–Crippen LogP) is 26.9. The molecular formula is C124H72N16. The summed E-state index contributed by atoms with van der Waals surface area (Å²) in [5.41, 5.74) is 63.6. The number of imidazole rings is 4. The summed E-state index contributed by atoms with van der Waals surface area (Å²) in [6.07, 6.45) is 34.2. The fraction of sp³-hybridized carbons (Fsp3) is 0.0645. The van der Waals surface area contributed by atoms with E-state index < -0.39 is 0 Å². The predicted molar refractivity (Wildman–Crippen MR) is 559 cm³/mol. The van der Waals surface area contributed by atoms with E-state index in [0.29, 0.717) is 0 Å². The molecule has 0 N–H and O–H groups in total. The van der Waals surface area contributed by atoms with Gasteiger partial charge in [0.1, 0.15) is 22.5 Å². The van der Waals surface area contributed by atoms with Gasteiger partial charge in [-0.05, 0) is 288 Å². The van der Waals surface area contributed by atoms with Crippen LogP contribution in [0.15, 0.2) is 342 Å². The molecule has 0 unspecified atom stereocenters. The van der Waals surface area contributed by atoms with Crippen molar-refractivity contribution in [1.29, 1.82) is 0 Å². The maximum absolute atomic E-state index is 5.30. The zero-order chi connectivity index (χ0) is 90.7. The van der Waals surface area contributed by atoms with Crippen LogP contribution in [0.5, 0.6) is 0 Å². The Balaban J connectivity index is 0.0000000829. The molecule has 36 rings (SSSR count). The molecule has 0 saturated heterocycles. The Kier molecular flexibility index (Phi) is 14.9. The van der Waals surface area contributed by atoms with E-state index in [1.807, 2.05) is 98.9 Å². The minimum atomic E-state index is 0.909. The van der Waals surface area contributed by atoms with Crippen molar-refractivity contribution in [1.82, 2.24) is 77.4 Å². The van der Waals surface area contributed by atoms with E-state index in [9.17, 15) is 0 Å². The third kappa shape index (κ3) is 10.1. The Hall–Kier alpha value is -18.3. The Morgan fingerprint density at radius 1 is 0.157 bits per heavy atom.